The van der Waals surface area contributed by atoms with Crippen molar-refractivity contribution in [1.82, 2.24) is 9.29 Å². The summed E-state index contributed by atoms with van der Waals surface area (Å²) in [5.74, 6) is -2.78. The minimum absolute atomic E-state index is 0.00669. The molecule has 47 heavy (non-hydrogen) atoms. The molecule has 4 fully saturated rings. The molecule has 260 valence electrons. The van der Waals surface area contributed by atoms with Gasteiger partial charge in [0.2, 0.25) is 12.3 Å². The van der Waals surface area contributed by atoms with E-state index in [1.54, 1.807) is 22.9 Å². The largest absolute Gasteiger partial charge is 0.372 e. The van der Waals surface area contributed by atoms with Crippen molar-refractivity contribution in [2.75, 3.05) is 63.2 Å². The van der Waals surface area contributed by atoms with E-state index in [2.05, 4.69) is 48.2 Å². The zero-order valence-corrected chi connectivity index (χ0v) is 29.7. The SMILES string of the molecule is C[NH+](C)CCC1(C)CC1.NC=O.O=C1CCCN1c1ccc(SN2CCN(c3cc(C(F)(F)C4CCCCC4)cc(Cl)n3)CC2)cc1. The number of halogens is 3. The summed E-state index contributed by atoms with van der Waals surface area (Å²) in [6.45, 7) is 7.47. The first kappa shape index (κ1) is 37.4. The topological polar surface area (TPSA) is 87.2 Å². The Morgan fingerprint density at radius 3 is 2.23 bits per heavy atom. The number of nitrogens with two attached hydrogens (primary N) is 1. The van der Waals surface area contributed by atoms with Gasteiger partial charge in [-0.1, -0.05) is 37.8 Å². The Hall–Kier alpha value is -2.47. The highest BCUT2D eigenvalue weighted by molar-refractivity contribution is 7.97. The number of hydrogen-bond acceptors (Lipinski definition) is 6. The molecule has 3 N–H and O–H groups in total. The second kappa shape index (κ2) is 17.3. The van der Waals surface area contributed by atoms with Crippen LogP contribution in [0.1, 0.15) is 76.7 Å². The van der Waals surface area contributed by atoms with Crippen molar-refractivity contribution in [3.8, 4) is 0 Å². The van der Waals surface area contributed by atoms with E-state index in [0.29, 0.717) is 38.2 Å². The zero-order valence-electron chi connectivity index (χ0n) is 28.2. The summed E-state index contributed by atoms with van der Waals surface area (Å²) in [6.07, 6.45) is 10.1. The van der Waals surface area contributed by atoms with Crippen LogP contribution in [0.15, 0.2) is 41.3 Å². The van der Waals surface area contributed by atoms with Gasteiger partial charge in [-0.2, -0.15) is 0 Å². The number of aromatic nitrogens is 1. The molecule has 2 aromatic rings. The monoisotopic (exact) mass is 693 g/mol. The fraction of sp³-hybridized carbons (Fsp3) is 0.629. The minimum Gasteiger partial charge on any atom is -0.372 e. The van der Waals surface area contributed by atoms with Crippen LogP contribution in [0.3, 0.4) is 0 Å². The van der Waals surface area contributed by atoms with E-state index in [0.717, 1.165) is 61.3 Å². The molecule has 8 nitrogen and oxygen atoms in total. The van der Waals surface area contributed by atoms with Crippen molar-refractivity contribution >= 4 is 47.4 Å². The highest BCUT2D eigenvalue weighted by atomic mass is 35.5. The highest BCUT2D eigenvalue weighted by Crippen LogP contribution is 2.47. The van der Waals surface area contributed by atoms with Gasteiger partial charge in [-0.3, -0.25) is 9.59 Å². The van der Waals surface area contributed by atoms with Gasteiger partial charge in [-0.25, -0.2) is 18.1 Å². The molecule has 2 amide bonds. The summed E-state index contributed by atoms with van der Waals surface area (Å²) in [5, 5.41) is 0.126. The van der Waals surface area contributed by atoms with Crippen molar-refractivity contribution in [2.24, 2.45) is 17.1 Å². The van der Waals surface area contributed by atoms with Gasteiger partial charge in [0.1, 0.15) is 11.0 Å². The molecule has 12 heteroatoms. The van der Waals surface area contributed by atoms with Crippen LogP contribution < -0.4 is 20.4 Å². The standard InChI is InChI=1S/C26H31ClF2N4OS.C8H17N.CH3NO/c27-23-17-20(26(28,29)19-5-2-1-3-6-19)18-24(30-23)31-13-15-32(16-14-31)35-22-10-8-21(9-11-22)33-12-4-7-25(33)34;1-8(4-5-8)6-7-9(2)3;2-1-3/h8-11,17-19H,1-7,12-16H2;4-7H2,1-3H3;1H,(H2,2,3)/p+1. The lowest BCUT2D eigenvalue weighted by Gasteiger charge is -2.35. The lowest BCUT2D eigenvalue weighted by Crippen LogP contribution is -3.05. The molecular formula is C35H52ClF2N6O2S+. The first-order valence-electron chi connectivity index (χ1n) is 17.0. The Labute approximate surface area is 288 Å². The number of carbonyl (C=O) groups is 2. The average Bonchev–Trinajstić information content (AvgIpc) is 3.65. The molecule has 3 heterocycles. The minimum atomic E-state index is -2.88. The van der Waals surface area contributed by atoms with Crippen LogP contribution in [-0.2, 0) is 15.5 Å². The number of nitrogens with one attached hydrogen (secondary N) is 1. The van der Waals surface area contributed by atoms with Crippen molar-refractivity contribution in [3.05, 3.63) is 47.1 Å². The van der Waals surface area contributed by atoms with Crippen LogP contribution in [-0.4, -0.2) is 75.0 Å². The van der Waals surface area contributed by atoms with E-state index in [-0.39, 0.29) is 23.0 Å². The van der Waals surface area contributed by atoms with Crippen LogP contribution in [0.5, 0.6) is 0 Å². The second-order valence-corrected chi connectivity index (χ2v) is 15.4. The van der Waals surface area contributed by atoms with Gasteiger partial charge in [0.15, 0.2) is 0 Å². The number of carbonyl (C=O) groups excluding carboxylic acids is 2. The van der Waals surface area contributed by atoms with Crippen molar-refractivity contribution in [1.29, 1.82) is 0 Å². The van der Waals surface area contributed by atoms with Crippen LogP contribution in [0.2, 0.25) is 5.15 Å². The third-order valence-corrected chi connectivity index (χ3v) is 10.9. The van der Waals surface area contributed by atoms with Crippen LogP contribution in [0, 0.1) is 11.3 Å². The van der Waals surface area contributed by atoms with Crippen molar-refractivity contribution in [3.63, 3.8) is 0 Å². The molecule has 4 aliphatic rings. The number of amides is 2. The van der Waals surface area contributed by atoms with E-state index in [4.69, 9.17) is 16.4 Å². The average molecular weight is 694 g/mol. The number of nitrogens with zero attached hydrogens (tertiary/aromatic N) is 4. The Bertz CT molecular complexity index is 1300. The van der Waals surface area contributed by atoms with E-state index < -0.39 is 11.8 Å². The summed E-state index contributed by atoms with van der Waals surface area (Å²) < 4.78 is 32.8. The molecule has 6 rings (SSSR count). The van der Waals surface area contributed by atoms with Crippen LogP contribution in [0.4, 0.5) is 20.3 Å². The third-order valence-electron chi connectivity index (χ3n) is 9.63. The maximum Gasteiger partial charge on any atom is 0.276 e. The van der Waals surface area contributed by atoms with E-state index in [9.17, 15) is 4.79 Å². The Balaban J connectivity index is 0.000000353. The number of pyridine rings is 1. The predicted octanol–water partition coefficient (Wildman–Crippen LogP) is 5.79. The van der Waals surface area contributed by atoms with Gasteiger partial charge >= 0.3 is 0 Å². The summed E-state index contributed by atoms with van der Waals surface area (Å²) in [6, 6.07) is 11.0. The molecule has 1 aromatic heterocycles. The van der Waals surface area contributed by atoms with Crippen LogP contribution >= 0.6 is 23.5 Å². The number of hydrogen-bond donors (Lipinski definition) is 2. The molecule has 0 unspecified atom stereocenters. The van der Waals surface area contributed by atoms with E-state index in [1.165, 1.54) is 31.9 Å². The molecule has 0 atom stereocenters. The van der Waals surface area contributed by atoms with E-state index in [1.807, 2.05) is 21.9 Å². The second-order valence-electron chi connectivity index (χ2n) is 13.8. The Morgan fingerprint density at radius 2 is 1.68 bits per heavy atom. The number of primary amides is 1. The number of benzene rings is 1. The smallest absolute Gasteiger partial charge is 0.276 e. The molecule has 0 bridgehead atoms. The number of anilines is 2. The quantitative estimate of drug-likeness (QED) is 0.197. The van der Waals surface area contributed by atoms with Gasteiger partial charge in [-0.05, 0) is 85.9 Å². The van der Waals surface area contributed by atoms with Crippen molar-refractivity contribution in [2.45, 2.75) is 81.9 Å². The summed E-state index contributed by atoms with van der Waals surface area (Å²) in [5.41, 5.74) is 5.87. The molecule has 2 aliphatic heterocycles. The number of rotatable bonds is 9. The number of alkyl halides is 2. The molecule has 0 spiro atoms. The lowest BCUT2D eigenvalue weighted by molar-refractivity contribution is -0.859. The maximum atomic E-state index is 15.3. The molecule has 2 saturated heterocycles. The molecule has 0 radical (unpaired) electrons. The fourth-order valence-corrected chi connectivity index (χ4v) is 7.43. The predicted molar refractivity (Wildman–Crippen MR) is 187 cm³/mol. The summed E-state index contributed by atoms with van der Waals surface area (Å²) >= 11 is 7.89. The molecule has 1 aromatic carbocycles. The van der Waals surface area contributed by atoms with E-state index >= 15 is 8.78 Å². The van der Waals surface area contributed by atoms with Gasteiger partial charge in [0, 0.05) is 67.6 Å². The molecular weight excluding hydrogens is 642 g/mol. The molecule has 2 aliphatic carbocycles. The fourth-order valence-electron chi connectivity index (χ4n) is 6.32. The van der Waals surface area contributed by atoms with Gasteiger partial charge in [-0.15, -0.1) is 0 Å². The van der Waals surface area contributed by atoms with Crippen LogP contribution in [0.25, 0.3) is 0 Å². The van der Waals surface area contributed by atoms with Gasteiger partial charge in [0.05, 0.1) is 20.6 Å². The first-order valence-corrected chi connectivity index (χ1v) is 18.2. The number of quaternary nitrogens is 1. The maximum absolute atomic E-state index is 15.3. The normalized spacial score (nSPS) is 19.9. The zero-order chi connectivity index (χ0) is 34.0. The lowest BCUT2D eigenvalue weighted by atomic mass is 9.82. The summed E-state index contributed by atoms with van der Waals surface area (Å²) in [7, 11) is 4.46. The summed E-state index contributed by atoms with van der Waals surface area (Å²) in [4.78, 5) is 31.5. The first-order chi connectivity index (χ1) is 22.4. The van der Waals surface area contributed by atoms with Gasteiger partial charge < -0.3 is 20.4 Å². The third kappa shape index (κ3) is 11.0. The van der Waals surface area contributed by atoms with Crippen molar-refractivity contribution < 1.29 is 23.3 Å². The number of piperazine rings is 1. The Morgan fingerprint density at radius 1 is 1.04 bits per heavy atom. The van der Waals surface area contributed by atoms with Gasteiger partial charge in [0.25, 0.3) is 5.92 Å². The Kier molecular flexibility index (Phi) is 13.7. The highest BCUT2D eigenvalue weighted by Gasteiger charge is 2.42. The molecule has 2 saturated carbocycles.